The lowest BCUT2D eigenvalue weighted by atomic mass is 10.3. The summed E-state index contributed by atoms with van der Waals surface area (Å²) in [6, 6.07) is 7.57. The normalized spacial score (nSPS) is 9.94. The van der Waals surface area contributed by atoms with Crippen LogP contribution in [-0.2, 0) is 4.79 Å². The van der Waals surface area contributed by atoms with Crippen molar-refractivity contribution in [3.63, 3.8) is 0 Å². The highest BCUT2D eigenvalue weighted by molar-refractivity contribution is 5.90. The first-order chi connectivity index (χ1) is 7.65. The Kier molecular flexibility index (Phi) is 4.83. The Hall–Kier alpha value is -1.51. The van der Waals surface area contributed by atoms with Gasteiger partial charge in [-0.1, -0.05) is 13.3 Å². The zero-order valence-corrected chi connectivity index (χ0v) is 10.2. The first-order valence-corrected chi connectivity index (χ1v) is 5.62. The Bertz CT molecular complexity index is 332. The molecule has 0 heterocycles. The van der Waals surface area contributed by atoms with Crippen molar-refractivity contribution in [1.29, 1.82) is 0 Å². The van der Waals surface area contributed by atoms with E-state index in [0.717, 1.165) is 30.9 Å². The zero-order valence-electron chi connectivity index (χ0n) is 10.2. The molecular weight excluding hydrogens is 202 g/mol. The summed E-state index contributed by atoms with van der Waals surface area (Å²) >= 11 is 0. The summed E-state index contributed by atoms with van der Waals surface area (Å²) < 4.78 is 5.54. The first kappa shape index (κ1) is 12.6. The van der Waals surface area contributed by atoms with E-state index >= 15 is 0 Å². The molecule has 0 aliphatic heterocycles. The Balaban J connectivity index is 2.57. The van der Waals surface area contributed by atoms with Gasteiger partial charge in [0.1, 0.15) is 5.75 Å². The predicted molar refractivity (Wildman–Crippen MR) is 65.9 cm³/mol. The molecule has 0 bridgehead atoms. The molecule has 1 aromatic carbocycles. The van der Waals surface area contributed by atoms with E-state index in [-0.39, 0.29) is 5.91 Å². The van der Waals surface area contributed by atoms with Gasteiger partial charge in [0.2, 0.25) is 5.91 Å². The summed E-state index contributed by atoms with van der Waals surface area (Å²) in [5.74, 6) is 0.883. The number of benzene rings is 1. The lowest BCUT2D eigenvalue weighted by molar-refractivity contribution is -0.116. The molecular formula is C13H19NO2. The highest BCUT2D eigenvalue weighted by Gasteiger charge is 2.04. The van der Waals surface area contributed by atoms with Gasteiger partial charge in [0, 0.05) is 19.7 Å². The highest BCUT2D eigenvalue weighted by Crippen LogP contribution is 2.18. The van der Waals surface area contributed by atoms with Gasteiger partial charge in [-0.05, 0) is 30.7 Å². The van der Waals surface area contributed by atoms with Crippen molar-refractivity contribution in [2.75, 3.05) is 18.6 Å². The molecule has 0 radical (unpaired) electrons. The van der Waals surface area contributed by atoms with Crippen molar-refractivity contribution in [3.8, 4) is 5.75 Å². The van der Waals surface area contributed by atoms with Gasteiger partial charge in [-0.3, -0.25) is 4.79 Å². The second-order valence-electron chi connectivity index (χ2n) is 3.77. The SMILES string of the molecule is CCCCOc1ccc(N(C)C(C)=O)cc1. The van der Waals surface area contributed by atoms with E-state index in [1.807, 2.05) is 24.3 Å². The summed E-state index contributed by atoms with van der Waals surface area (Å²) in [7, 11) is 1.76. The topological polar surface area (TPSA) is 29.5 Å². The second kappa shape index (κ2) is 6.16. The lowest BCUT2D eigenvalue weighted by Gasteiger charge is -2.15. The molecule has 0 spiro atoms. The summed E-state index contributed by atoms with van der Waals surface area (Å²) in [6.45, 7) is 4.43. The number of hydrogen-bond donors (Lipinski definition) is 0. The standard InChI is InChI=1S/C13H19NO2/c1-4-5-10-16-13-8-6-12(7-9-13)14(3)11(2)15/h6-9H,4-5,10H2,1-3H3. The Morgan fingerprint density at radius 1 is 1.31 bits per heavy atom. The highest BCUT2D eigenvalue weighted by atomic mass is 16.5. The third-order valence-corrected chi connectivity index (χ3v) is 2.46. The Labute approximate surface area is 97.0 Å². The number of ether oxygens (including phenoxy) is 1. The van der Waals surface area contributed by atoms with E-state index < -0.39 is 0 Å². The van der Waals surface area contributed by atoms with Gasteiger partial charge < -0.3 is 9.64 Å². The summed E-state index contributed by atoms with van der Waals surface area (Å²) in [5, 5.41) is 0. The minimum atomic E-state index is 0.0275. The fourth-order valence-electron chi connectivity index (χ4n) is 1.28. The average Bonchev–Trinajstić information content (AvgIpc) is 2.29. The number of anilines is 1. The second-order valence-corrected chi connectivity index (χ2v) is 3.77. The van der Waals surface area contributed by atoms with Gasteiger partial charge in [-0.15, -0.1) is 0 Å². The van der Waals surface area contributed by atoms with E-state index in [2.05, 4.69) is 6.92 Å². The number of hydrogen-bond acceptors (Lipinski definition) is 2. The third-order valence-electron chi connectivity index (χ3n) is 2.46. The van der Waals surface area contributed by atoms with Crippen molar-refractivity contribution in [2.24, 2.45) is 0 Å². The molecule has 16 heavy (non-hydrogen) atoms. The molecule has 0 fully saturated rings. The van der Waals surface area contributed by atoms with Gasteiger partial charge in [0.25, 0.3) is 0 Å². The number of carbonyl (C=O) groups excluding carboxylic acids is 1. The minimum Gasteiger partial charge on any atom is -0.494 e. The molecule has 0 aromatic heterocycles. The smallest absolute Gasteiger partial charge is 0.223 e. The van der Waals surface area contributed by atoms with E-state index in [4.69, 9.17) is 4.74 Å². The van der Waals surface area contributed by atoms with Crippen LogP contribution in [-0.4, -0.2) is 19.6 Å². The van der Waals surface area contributed by atoms with Crippen molar-refractivity contribution in [3.05, 3.63) is 24.3 Å². The number of amides is 1. The van der Waals surface area contributed by atoms with E-state index in [9.17, 15) is 4.79 Å². The summed E-state index contributed by atoms with van der Waals surface area (Å²) in [5.41, 5.74) is 0.885. The predicted octanol–water partition coefficient (Wildman–Crippen LogP) is 2.85. The van der Waals surface area contributed by atoms with E-state index in [1.165, 1.54) is 0 Å². The lowest BCUT2D eigenvalue weighted by Crippen LogP contribution is -2.22. The van der Waals surface area contributed by atoms with Crippen molar-refractivity contribution >= 4 is 11.6 Å². The van der Waals surface area contributed by atoms with Gasteiger partial charge >= 0.3 is 0 Å². The molecule has 0 aliphatic carbocycles. The minimum absolute atomic E-state index is 0.0275. The molecule has 88 valence electrons. The van der Waals surface area contributed by atoms with Crippen LogP contribution in [0.3, 0.4) is 0 Å². The zero-order chi connectivity index (χ0) is 12.0. The molecule has 3 nitrogen and oxygen atoms in total. The quantitative estimate of drug-likeness (QED) is 0.715. The van der Waals surface area contributed by atoms with Crippen molar-refractivity contribution in [2.45, 2.75) is 26.7 Å². The van der Waals surface area contributed by atoms with Crippen LogP contribution in [0.5, 0.6) is 5.75 Å². The molecule has 0 unspecified atom stereocenters. The van der Waals surface area contributed by atoms with Crippen LogP contribution >= 0.6 is 0 Å². The van der Waals surface area contributed by atoms with Crippen LogP contribution in [0.15, 0.2) is 24.3 Å². The first-order valence-electron chi connectivity index (χ1n) is 5.62. The third kappa shape index (κ3) is 3.57. The molecule has 0 saturated heterocycles. The van der Waals surface area contributed by atoms with Crippen molar-refractivity contribution in [1.82, 2.24) is 0 Å². The van der Waals surface area contributed by atoms with E-state index in [1.54, 1.807) is 18.9 Å². The summed E-state index contributed by atoms with van der Waals surface area (Å²) in [4.78, 5) is 12.7. The van der Waals surface area contributed by atoms with Crippen LogP contribution in [0.4, 0.5) is 5.69 Å². The molecule has 1 aromatic rings. The van der Waals surface area contributed by atoms with Gasteiger partial charge in [-0.25, -0.2) is 0 Å². The Morgan fingerprint density at radius 2 is 1.94 bits per heavy atom. The van der Waals surface area contributed by atoms with E-state index in [0.29, 0.717) is 0 Å². The number of rotatable bonds is 5. The molecule has 0 atom stereocenters. The Morgan fingerprint density at radius 3 is 2.44 bits per heavy atom. The van der Waals surface area contributed by atoms with Crippen molar-refractivity contribution < 1.29 is 9.53 Å². The maximum absolute atomic E-state index is 11.1. The van der Waals surface area contributed by atoms with Crippen LogP contribution < -0.4 is 9.64 Å². The monoisotopic (exact) mass is 221 g/mol. The number of unbranched alkanes of at least 4 members (excludes halogenated alkanes) is 1. The van der Waals surface area contributed by atoms with Gasteiger partial charge in [0.15, 0.2) is 0 Å². The van der Waals surface area contributed by atoms with Crippen LogP contribution in [0, 0.1) is 0 Å². The van der Waals surface area contributed by atoms with Gasteiger partial charge in [0.05, 0.1) is 6.61 Å². The molecule has 0 saturated carbocycles. The maximum Gasteiger partial charge on any atom is 0.223 e. The molecule has 0 aliphatic rings. The fourth-order valence-corrected chi connectivity index (χ4v) is 1.28. The largest absolute Gasteiger partial charge is 0.494 e. The van der Waals surface area contributed by atoms with Crippen LogP contribution in [0.25, 0.3) is 0 Å². The molecule has 0 N–H and O–H groups in total. The molecule has 1 amide bonds. The molecule has 1 rings (SSSR count). The number of carbonyl (C=O) groups is 1. The van der Waals surface area contributed by atoms with Gasteiger partial charge in [-0.2, -0.15) is 0 Å². The maximum atomic E-state index is 11.1. The average molecular weight is 221 g/mol. The summed E-state index contributed by atoms with van der Waals surface area (Å²) in [6.07, 6.45) is 2.19. The van der Waals surface area contributed by atoms with Crippen LogP contribution in [0.1, 0.15) is 26.7 Å². The fraction of sp³-hybridized carbons (Fsp3) is 0.462. The van der Waals surface area contributed by atoms with Crippen LogP contribution in [0.2, 0.25) is 0 Å². The number of nitrogens with zero attached hydrogens (tertiary/aromatic N) is 1. The molecule has 3 heteroatoms.